The molecule has 0 amide bonds. The van der Waals surface area contributed by atoms with Crippen molar-refractivity contribution in [1.29, 1.82) is 0 Å². The molecule has 0 bridgehead atoms. The standard InChI is InChI=1S/C12H19N3O4S2/c1-3-20-9-5-4-8(6-9)15-21(18,19)11-7(2)13-14-10(11)12(16)17/h8-9,15H,3-6H2,1-2H3,(H,13,14)(H,16,17). The van der Waals surface area contributed by atoms with E-state index in [1.165, 1.54) is 6.92 Å². The average Bonchev–Trinajstić information content (AvgIpc) is 2.96. The molecular formula is C12H19N3O4S2. The van der Waals surface area contributed by atoms with Crippen molar-refractivity contribution in [3.8, 4) is 0 Å². The normalized spacial score (nSPS) is 22.6. The van der Waals surface area contributed by atoms with Crippen LogP contribution < -0.4 is 4.72 Å². The van der Waals surface area contributed by atoms with Crippen LogP contribution in [-0.4, -0.2) is 46.7 Å². The highest BCUT2D eigenvalue weighted by Crippen LogP contribution is 2.31. The van der Waals surface area contributed by atoms with Crippen molar-refractivity contribution in [2.45, 2.75) is 49.3 Å². The molecule has 3 N–H and O–H groups in total. The summed E-state index contributed by atoms with van der Waals surface area (Å²) in [6.07, 6.45) is 2.52. The van der Waals surface area contributed by atoms with Crippen molar-refractivity contribution in [3.63, 3.8) is 0 Å². The van der Waals surface area contributed by atoms with Gasteiger partial charge in [0.1, 0.15) is 4.90 Å². The Morgan fingerprint density at radius 3 is 2.86 bits per heavy atom. The Hall–Kier alpha value is -1.06. The van der Waals surface area contributed by atoms with Gasteiger partial charge in [0.2, 0.25) is 10.0 Å². The van der Waals surface area contributed by atoms with Gasteiger partial charge in [0.05, 0.1) is 5.69 Å². The van der Waals surface area contributed by atoms with Crippen LogP contribution in [0.1, 0.15) is 42.4 Å². The van der Waals surface area contributed by atoms with E-state index in [1.807, 2.05) is 11.8 Å². The summed E-state index contributed by atoms with van der Waals surface area (Å²) in [6, 6.07) is -0.144. The van der Waals surface area contributed by atoms with Gasteiger partial charge in [-0.2, -0.15) is 16.9 Å². The number of hydrogen-bond acceptors (Lipinski definition) is 5. The quantitative estimate of drug-likeness (QED) is 0.725. The lowest BCUT2D eigenvalue weighted by molar-refractivity contribution is 0.0686. The number of carboxylic acid groups (broad SMARTS) is 1. The van der Waals surface area contributed by atoms with Crippen molar-refractivity contribution >= 4 is 27.8 Å². The van der Waals surface area contributed by atoms with Crippen LogP contribution in [0.25, 0.3) is 0 Å². The first-order chi connectivity index (χ1) is 9.85. The molecule has 0 aromatic carbocycles. The van der Waals surface area contributed by atoms with Crippen molar-refractivity contribution < 1.29 is 18.3 Å². The van der Waals surface area contributed by atoms with Gasteiger partial charge >= 0.3 is 5.97 Å². The molecule has 1 aliphatic rings. The Labute approximate surface area is 127 Å². The molecule has 0 radical (unpaired) electrons. The zero-order valence-electron chi connectivity index (χ0n) is 11.9. The second-order valence-electron chi connectivity index (χ2n) is 5.04. The predicted molar refractivity (Wildman–Crippen MR) is 80.2 cm³/mol. The van der Waals surface area contributed by atoms with E-state index in [4.69, 9.17) is 5.11 Å². The first-order valence-electron chi connectivity index (χ1n) is 6.77. The van der Waals surface area contributed by atoms with Crippen LogP contribution in [0.15, 0.2) is 4.90 Å². The molecular weight excluding hydrogens is 314 g/mol. The lowest BCUT2D eigenvalue weighted by atomic mass is 10.3. The molecule has 1 heterocycles. The topological polar surface area (TPSA) is 112 Å². The Balaban J connectivity index is 2.17. The molecule has 1 aliphatic carbocycles. The van der Waals surface area contributed by atoms with Gasteiger partial charge in [-0.05, 0) is 31.9 Å². The fourth-order valence-electron chi connectivity index (χ4n) is 2.61. The van der Waals surface area contributed by atoms with E-state index in [2.05, 4.69) is 21.8 Å². The highest BCUT2D eigenvalue weighted by molar-refractivity contribution is 7.99. The van der Waals surface area contributed by atoms with Crippen molar-refractivity contribution in [2.75, 3.05) is 5.75 Å². The largest absolute Gasteiger partial charge is 0.476 e. The third-order valence-electron chi connectivity index (χ3n) is 3.47. The highest BCUT2D eigenvalue weighted by atomic mass is 32.2. The molecule has 1 fully saturated rings. The fourth-order valence-corrected chi connectivity index (χ4v) is 5.35. The van der Waals surface area contributed by atoms with Crippen molar-refractivity contribution in [1.82, 2.24) is 14.9 Å². The lowest BCUT2D eigenvalue weighted by Crippen LogP contribution is -2.34. The van der Waals surface area contributed by atoms with Crippen molar-refractivity contribution in [2.24, 2.45) is 0 Å². The summed E-state index contributed by atoms with van der Waals surface area (Å²) < 4.78 is 27.5. The maximum atomic E-state index is 12.4. The van der Waals surface area contributed by atoms with Crippen LogP contribution >= 0.6 is 11.8 Å². The molecule has 2 atom stereocenters. The zero-order valence-corrected chi connectivity index (χ0v) is 13.6. The highest BCUT2D eigenvalue weighted by Gasteiger charge is 2.33. The minimum Gasteiger partial charge on any atom is -0.476 e. The first-order valence-corrected chi connectivity index (χ1v) is 9.30. The maximum Gasteiger partial charge on any atom is 0.357 e. The molecule has 7 nitrogen and oxygen atoms in total. The number of carbonyl (C=O) groups is 1. The van der Waals surface area contributed by atoms with Crippen LogP contribution in [-0.2, 0) is 10.0 Å². The van der Waals surface area contributed by atoms with Gasteiger partial charge in [0.25, 0.3) is 0 Å². The average molecular weight is 333 g/mol. The van der Waals surface area contributed by atoms with Gasteiger partial charge in [-0.15, -0.1) is 0 Å². The molecule has 0 saturated heterocycles. The van der Waals surface area contributed by atoms with Crippen LogP contribution in [0.4, 0.5) is 0 Å². The molecule has 0 aliphatic heterocycles. The molecule has 9 heteroatoms. The number of nitrogens with zero attached hydrogens (tertiary/aromatic N) is 1. The molecule has 118 valence electrons. The Bertz CT molecular complexity index is 626. The van der Waals surface area contributed by atoms with Crippen molar-refractivity contribution in [3.05, 3.63) is 11.4 Å². The minimum absolute atomic E-state index is 0.144. The summed E-state index contributed by atoms with van der Waals surface area (Å²) in [5.41, 5.74) is -0.227. The van der Waals surface area contributed by atoms with E-state index >= 15 is 0 Å². The zero-order chi connectivity index (χ0) is 15.6. The third kappa shape index (κ3) is 3.58. The van der Waals surface area contributed by atoms with E-state index in [0.29, 0.717) is 5.25 Å². The minimum atomic E-state index is -3.88. The number of aryl methyl sites for hydroxylation is 1. The molecule has 2 unspecified atom stereocenters. The summed E-state index contributed by atoms with van der Waals surface area (Å²) >= 11 is 1.83. The number of hydrogen-bond donors (Lipinski definition) is 3. The van der Waals surface area contributed by atoms with E-state index in [1.54, 1.807) is 0 Å². The summed E-state index contributed by atoms with van der Waals surface area (Å²) in [6.45, 7) is 3.58. The van der Waals surface area contributed by atoms with Gasteiger partial charge in [-0.25, -0.2) is 17.9 Å². The summed E-state index contributed by atoms with van der Waals surface area (Å²) in [4.78, 5) is 10.8. The second kappa shape index (κ2) is 6.37. The van der Waals surface area contributed by atoms with E-state index in [-0.39, 0.29) is 16.6 Å². The number of aromatic carboxylic acids is 1. The van der Waals surface area contributed by atoms with Gasteiger partial charge in [0, 0.05) is 11.3 Å². The molecule has 1 aromatic heterocycles. The monoisotopic (exact) mass is 333 g/mol. The number of rotatable bonds is 6. The van der Waals surface area contributed by atoms with Crippen LogP contribution in [0, 0.1) is 6.92 Å². The number of nitrogens with one attached hydrogen (secondary N) is 2. The van der Waals surface area contributed by atoms with Gasteiger partial charge in [-0.1, -0.05) is 6.92 Å². The molecule has 0 spiro atoms. The Kier molecular flexibility index (Phi) is 4.95. The van der Waals surface area contributed by atoms with Crippen LogP contribution in [0.2, 0.25) is 0 Å². The van der Waals surface area contributed by atoms with E-state index in [9.17, 15) is 13.2 Å². The van der Waals surface area contributed by atoms with Crippen LogP contribution in [0.3, 0.4) is 0 Å². The second-order valence-corrected chi connectivity index (χ2v) is 8.27. The fraction of sp³-hybridized carbons (Fsp3) is 0.667. The Morgan fingerprint density at radius 2 is 2.24 bits per heavy atom. The lowest BCUT2D eigenvalue weighted by Gasteiger charge is -2.13. The molecule has 21 heavy (non-hydrogen) atoms. The summed E-state index contributed by atoms with van der Waals surface area (Å²) in [5, 5.41) is 15.5. The number of carboxylic acids is 1. The van der Waals surface area contributed by atoms with Gasteiger partial charge < -0.3 is 5.11 Å². The Morgan fingerprint density at radius 1 is 1.52 bits per heavy atom. The molecule has 2 rings (SSSR count). The number of H-pyrrole nitrogens is 1. The number of sulfonamides is 1. The molecule has 1 aromatic rings. The smallest absolute Gasteiger partial charge is 0.357 e. The third-order valence-corrected chi connectivity index (χ3v) is 6.38. The maximum absolute atomic E-state index is 12.4. The SMILES string of the molecule is CCSC1CCC(NS(=O)(=O)c2c(C(=O)O)n[nH]c2C)C1. The predicted octanol–water partition coefficient (Wildman–Crippen LogP) is 1.37. The van der Waals surface area contributed by atoms with Gasteiger partial charge in [0.15, 0.2) is 5.69 Å². The van der Waals surface area contributed by atoms with Crippen LogP contribution in [0.5, 0.6) is 0 Å². The van der Waals surface area contributed by atoms with E-state index in [0.717, 1.165) is 25.0 Å². The summed E-state index contributed by atoms with van der Waals surface area (Å²) in [5.74, 6) is -0.348. The number of aromatic nitrogens is 2. The number of aromatic amines is 1. The summed E-state index contributed by atoms with van der Waals surface area (Å²) in [7, 11) is -3.88. The first kappa shape index (κ1) is 16.3. The number of thioether (sulfide) groups is 1. The van der Waals surface area contributed by atoms with Gasteiger partial charge in [-0.3, -0.25) is 5.10 Å². The molecule has 1 saturated carbocycles. The van der Waals surface area contributed by atoms with E-state index < -0.39 is 21.7 Å².